The summed E-state index contributed by atoms with van der Waals surface area (Å²) in [5.74, 6) is 3.99. The maximum atomic E-state index is 2.54. The standard InChI is InChI=1S/C26H40NSi.C25H38NSi.C23H34NSi/c1-19(2)14-22-12-13-24(20(3)15-22)25-17-26(28(5,6)7)23(18-27(25)4)16-21-10-8-9-11-21;1-18(2)21-12-13-23(19(3)14-21)24-16-25(27(5,6)7)22(17-26(24)4)15-20-10-8-9-11-20;1-17-11-12-21(18(2)13-17)22-15-23(25(4,5)6)20(16-24(22)3)14-19-9-7-8-10-19/h12-13,15,17-19,21H,8-11,14,16H2,1-7H3;12-14,16-18,20H,8-11,15H2,1-7H3;11-13,15-16,19H,7-10,14H2,1-6H3/q3*+1. The van der Waals surface area contributed by atoms with Crippen molar-refractivity contribution < 1.29 is 13.7 Å². The second-order valence-electron chi connectivity index (χ2n) is 29.7. The molecule has 0 N–H and O–H groups in total. The molecule has 0 unspecified atom stereocenters. The molecule has 3 nitrogen and oxygen atoms in total. The van der Waals surface area contributed by atoms with Crippen molar-refractivity contribution in [2.45, 2.75) is 223 Å². The number of aromatic nitrogens is 3. The van der Waals surface area contributed by atoms with Crippen molar-refractivity contribution in [3.63, 3.8) is 0 Å². The molecule has 80 heavy (non-hydrogen) atoms. The fourth-order valence-corrected chi connectivity index (χ4v) is 19.2. The normalized spacial score (nSPS) is 15.7. The van der Waals surface area contributed by atoms with Crippen LogP contribution in [0.1, 0.15) is 161 Å². The van der Waals surface area contributed by atoms with Crippen molar-refractivity contribution in [1.82, 2.24) is 0 Å². The van der Waals surface area contributed by atoms with E-state index < -0.39 is 24.2 Å². The summed E-state index contributed by atoms with van der Waals surface area (Å²) in [5.41, 5.74) is 21.5. The molecule has 9 rings (SSSR count). The van der Waals surface area contributed by atoms with E-state index in [0.29, 0.717) is 11.8 Å². The van der Waals surface area contributed by atoms with E-state index in [1.807, 2.05) is 0 Å². The zero-order chi connectivity index (χ0) is 58.4. The molecule has 3 heterocycles. The maximum absolute atomic E-state index is 2.54. The Hall–Kier alpha value is -4.24. The molecule has 3 fully saturated rings. The Morgan fingerprint density at radius 2 is 0.738 bits per heavy atom. The van der Waals surface area contributed by atoms with Crippen LogP contribution in [-0.4, -0.2) is 24.2 Å². The van der Waals surface area contributed by atoms with Gasteiger partial charge in [-0.1, -0.05) is 206 Å². The number of hydrogen-bond acceptors (Lipinski definition) is 0. The van der Waals surface area contributed by atoms with E-state index in [0.717, 1.165) is 24.2 Å². The molecule has 0 aliphatic heterocycles. The van der Waals surface area contributed by atoms with Crippen molar-refractivity contribution >= 4 is 39.8 Å². The highest BCUT2D eigenvalue weighted by Crippen LogP contribution is 2.33. The van der Waals surface area contributed by atoms with Crippen LogP contribution in [0.15, 0.2) is 91.4 Å². The first kappa shape index (κ1) is 63.3. The summed E-state index contributed by atoms with van der Waals surface area (Å²) in [7, 11) is 2.52. The van der Waals surface area contributed by atoms with Crippen molar-refractivity contribution in [1.29, 1.82) is 0 Å². The Bertz CT molecular complexity index is 3050. The number of pyridine rings is 3. The van der Waals surface area contributed by atoms with Crippen LogP contribution in [0.25, 0.3) is 33.8 Å². The number of rotatable bonds is 15. The third-order valence-corrected chi connectivity index (χ3v) is 24.7. The summed E-state index contributed by atoms with van der Waals surface area (Å²) in [6.07, 6.45) is 29.5. The molecule has 0 amide bonds. The van der Waals surface area contributed by atoms with Gasteiger partial charge in [-0.05, 0) is 145 Å². The zero-order valence-electron chi connectivity index (χ0n) is 54.7. The lowest BCUT2D eigenvalue weighted by molar-refractivity contribution is -0.660. The predicted molar refractivity (Wildman–Crippen MR) is 357 cm³/mol. The fourth-order valence-electron chi connectivity index (χ4n) is 14.1. The van der Waals surface area contributed by atoms with E-state index in [1.54, 1.807) is 32.3 Å². The van der Waals surface area contributed by atoms with Gasteiger partial charge in [0.1, 0.15) is 21.1 Å². The third kappa shape index (κ3) is 16.5. The topological polar surface area (TPSA) is 11.6 Å². The van der Waals surface area contributed by atoms with Crippen LogP contribution in [0, 0.1) is 51.4 Å². The van der Waals surface area contributed by atoms with E-state index >= 15 is 0 Å². The van der Waals surface area contributed by atoms with Crippen molar-refractivity contribution in [3.8, 4) is 33.8 Å². The van der Waals surface area contributed by atoms with Crippen LogP contribution in [0.2, 0.25) is 58.9 Å². The molecule has 3 aliphatic carbocycles. The molecule has 3 aromatic carbocycles. The summed E-state index contributed by atoms with van der Waals surface area (Å²) in [6.45, 7) is 40.6. The summed E-state index contributed by atoms with van der Waals surface area (Å²) in [5, 5.41) is 4.99. The van der Waals surface area contributed by atoms with E-state index in [1.165, 1.54) is 163 Å². The van der Waals surface area contributed by atoms with Crippen molar-refractivity contribution in [2.75, 3.05) is 0 Å². The second-order valence-corrected chi connectivity index (χ2v) is 44.9. The van der Waals surface area contributed by atoms with Gasteiger partial charge in [0.15, 0.2) is 18.6 Å². The second kappa shape index (κ2) is 27.0. The number of aryl methyl sites for hydroxylation is 7. The minimum atomic E-state index is -1.40. The van der Waals surface area contributed by atoms with Gasteiger partial charge < -0.3 is 0 Å². The minimum Gasteiger partial charge on any atom is -0.201 e. The fraction of sp³-hybridized carbons (Fsp3) is 0.554. The van der Waals surface area contributed by atoms with Crippen LogP contribution in [0.3, 0.4) is 0 Å². The predicted octanol–water partition coefficient (Wildman–Crippen LogP) is 16.9. The Morgan fingerprint density at radius 1 is 0.412 bits per heavy atom. The van der Waals surface area contributed by atoms with Crippen molar-refractivity contribution in [3.05, 3.63) is 141 Å². The molecule has 0 atom stereocenters. The Balaban J connectivity index is 0.000000174. The third-order valence-electron chi connectivity index (χ3n) is 18.5. The van der Waals surface area contributed by atoms with Crippen LogP contribution < -0.4 is 29.3 Å². The Labute approximate surface area is 493 Å². The molecular formula is C74H112N3Si3+3. The van der Waals surface area contributed by atoms with Crippen LogP contribution in [0.5, 0.6) is 0 Å². The highest BCUT2D eigenvalue weighted by Gasteiger charge is 2.32. The van der Waals surface area contributed by atoms with Gasteiger partial charge in [0.25, 0.3) is 0 Å². The summed E-state index contributed by atoms with van der Waals surface area (Å²) < 4.78 is 7.13. The SMILES string of the molecule is Cc1cc(C(C)C)ccc1-c1cc([Si](C)(C)C)c(CC2CCCC2)c[n+]1C.Cc1cc(CC(C)C)ccc1-c1cc([Si](C)(C)C)c(CC2CCCC2)c[n+]1C.Cc1ccc(-c2cc([Si](C)(C)C)c(CC3CCCC3)c[n+]2C)c(C)c1. The van der Waals surface area contributed by atoms with E-state index in [2.05, 4.69) is 241 Å². The molecule has 6 aromatic rings. The molecular weight excluding hydrogens is 1020 g/mol. The molecule has 3 saturated carbocycles. The monoisotopic (exact) mass is 1130 g/mol. The Morgan fingerprint density at radius 3 is 1.04 bits per heavy atom. The first-order valence-corrected chi connectivity index (χ1v) is 42.4. The van der Waals surface area contributed by atoms with Gasteiger partial charge in [0, 0.05) is 51.6 Å². The summed E-state index contributed by atoms with van der Waals surface area (Å²) >= 11 is 0. The molecule has 3 aliphatic rings. The highest BCUT2D eigenvalue weighted by molar-refractivity contribution is 6.90. The van der Waals surface area contributed by atoms with Crippen LogP contribution >= 0.6 is 0 Å². The lowest BCUT2D eigenvalue weighted by Gasteiger charge is -2.22. The number of benzene rings is 3. The first-order chi connectivity index (χ1) is 37.6. The minimum absolute atomic E-state index is 0.581. The first-order valence-electron chi connectivity index (χ1n) is 31.9. The zero-order valence-corrected chi connectivity index (χ0v) is 57.7. The van der Waals surface area contributed by atoms with Gasteiger partial charge >= 0.3 is 0 Å². The Kier molecular flexibility index (Phi) is 21.4. The molecule has 0 spiro atoms. The van der Waals surface area contributed by atoms with E-state index in [4.69, 9.17) is 0 Å². The van der Waals surface area contributed by atoms with Crippen LogP contribution in [0.4, 0.5) is 0 Å². The quantitative estimate of drug-likeness (QED) is 0.0717. The van der Waals surface area contributed by atoms with E-state index in [9.17, 15) is 0 Å². The smallest absolute Gasteiger partial charge is 0.201 e. The lowest BCUT2D eigenvalue weighted by Crippen LogP contribution is -2.45. The molecule has 0 saturated heterocycles. The van der Waals surface area contributed by atoms with Gasteiger partial charge in [0.05, 0.1) is 24.2 Å². The van der Waals surface area contributed by atoms with Crippen molar-refractivity contribution in [2.24, 2.45) is 44.8 Å². The van der Waals surface area contributed by atoms with Gasteiger partial charge in [-0.15, -0.1) is 0 Å². The average Bonchev–Trinajstić information content (AvgIpc) is 4.18. The molecule has 6 heteroatoms. The molecule has 3 aromatic heterocycles. The molecule has 432 valence electrons. The molecule has 0 radical (unpaired) electrons. The average molecular weight is 1130 g/mol. The largest absolute Gasteiger partial charge is 0.212 e. The van der Waals surface area contributed by atoms with Gasteiger partial charge in [-0.3, -0.25) is 0 Å². The number of nitrogens with zero attached hydrogens (tertiary/aromatic N) is 3. The van der Waals surface area contributed by atoms with Crippen LogP contribution in [-0.2, 0) is 46.8 Å². The van der Waals surface area contributed by atoms with E-state index in [-0.39, 0.29) is 0 Å². The molecule has 0 bridgehead atoms. The lowest BCUT2D eigenvalue weighted by atomic mass is 9.95. The maximum Gasteiger partial charge on any atom is 0.212 e. The van der Waals surface area contributed by atoms with Gasteiger partial charge in [-0.2, -0.15) is 0 Å². The highest BCUT2D eigenvalue weighted by atomic mass is 28.3. The number of hydrogen-bond donors (Lipinski definition) is 0. The van der Waals surface area contributed by atoms with Gasteiger partial charge in [0.2, 0.25) is 17.1 Å². The summed E-state index contributed by atoms with van der Waals surface area (Å²) in [6, 6.07) is 28.6. The van der Waals surface area contributed by atoms with Gasteiger partial charge in [-0.25, -0.2) is 13.7 Å². The summed E-state index contributed by atoms with van der Waals surface area (Å²) in [4.78, 5) is 0.